The third kappa shape index (κ3) is 5.01. The second-order valence-electron chi connectivity index (χ2n) is 8.95. The van der Waals surface area contributed by atoms with Crippen LogP contribution in [0.15, 0.2) is 42.5 Å². The summed E-state index contributed by atoms with van der Waals surface area (Å²) in [6, 6.07) is 12.3. The lowest BCUT2D eigenvalue weighted by Gasteiger charge is -2.33. The van der Waals surface area contributed by atoms with Crippen molar-refractivity contribution in [1.82, 2.24) is 19.8 Å². The summed E-state index contributed by atoms with van der Waals surface area (Å²) in [5, 5.41) is 2.60. The van der Waals surface area contributed by atoms with Crippen LogP contribution in [-0.2, 0) is 13.0 Å². The largest absolute Gasteiger partial charge is 0.368 e. The van der Waals surface area contributed by atoms with Gasteiger partial charge in [-0.05, 0) is 42.8 Å². The van der Waals surface area contributed by atoms with Crippen molar-refractivity contribution < 1.29 is 9.18 Å². The van der Waals surface area contributed by atoms with Crippen molar-refractivity contribution >= 4 is 35.1 Å². The van der Waals surface area contributed by atoms with Gasteiger partial charge in [0.25, 0.3) is 0 Å². The van der Waals surface area contributed by atoms with Gasteiger partial charge in [-0.15, -0.1) is 0 Å². The van der Waals surface area contributed by atoms with Gasteiger partial charge in [-0.3, -0.25) is 0 Å². The number of likely N-dealkylation sites (N-methyl/N-ethyl adjacent to an activating group) is 1. The highest BCUT2D eigenvalue weighted by Crippen LogP contribution is 2.29. The molecule has 2 aromatic carbocycles. The molecule has 3 N–H and O–H groups in total. The highest BCUT2D eigenvalue weighted by Gasteiger charge is 2.23. The molecule has 0 aliphatic carbocycles. The Labute approximate surface area is 208 Å². The van der Waals surface area contributed by atoms with Gasteiger partial charge in [0.15, 0.2) is 5.82 Å². The number of benzene rings is 2. The topological polar surface area (TPSA) is 90.6 Å². The van der Waals surface area contributed by atoms with Gasteiger partial charge >= 0.3 is 6.03 Å². The molecule has 0 atom stereocenters. The van der Waals surface area contributed by atoms with E-state index in [2.05, 4.69) is 38.2 Å². The molecule has 2 aliphatic rings. The molecular weight excluding hydrogens is 469 g/mol. The number of amides is 2. The summed E-state index contributed by atoms with van der Waals surface area (Å²) in [4.78, 5) is 27.9. The summed E-state index contributed by atoms with van der Waals surface area (Å²) in [5.41, 5.74) is 9.99. The first-order chi connectivity index (χ1) is 16.9. The monoisotopic (exact) mass is 495 g/mol. The van der Waals surface area contributed by atoms with E-state index in [0.29, 0.717) is 19.5 Å². The number of rotatable bonds is 3. The van der Waals surface area contributed by atoms with E-state index >= 15 is 0 Å². The average Bonchev–Trinajstić information content (AvgIpc) is 2.86. The maximum Gasteiger partial charge on any atom is 0.322 e. The number of hydrogen-bond donors (Lipinski definition) is 2. The minimum atomic E-state index is -0.639. The van der Waals surface area contributed by atoms with Crippen LogP contribution in [0.1, 0.15) is 11.1 Å². The zero-order valence-corrected chi connectivity index (χ0v) is 20.2. The molecule has 1 saturated heterocycles. The van der Waals surface area contributed by atoms with Gasteiger partial charge < -0.3 is 25.8 Å². The minimum Gasteiger partial charge on any atom is -0.368 e. The number of urea groups is 1. The summed E-state index contributed by atoms with van der Waals surface area (Å²) in [6.45, 7) is 4.64. The van der Waals surface area contributed by atoms with E-state index in [1.54, 1.807) is 11.0 Å². The van der Waals surface area contributed by atoms with Crippen LogP contribution in [0.4, 0.5) is 26.6 Å². The third-order valence-corrected chi connectivity index (χ3v) is 6.84. The van der Waals surface area contributed by atoms with E-state index in [0.717, 1.165) is 48.8 Å². The van der Waals surface area contributed by atoms with Crippen molar-refractivity contribution in [2.24, 2.45) is 0 Å². The van der Waals surface area contributed by atoms with Gasteiger partial charge in [-0.25, -0.2) is 14.2 Å². The fourth-order valence-corrected chi connectivity index (χ4v) is 4.66. The molecule has 0 unspecified atom stereocenters. The summed E-state index contributed by atoms with van der Waals surface area (Å²) < 4.78 is 14.2. The number of hydrogen-bond acceptors (Lipinski definition) is 6. The van der Waals surface area contributed by atoms with Crippen molar-refractivity contribution in [3.8, 4) is 11.3 Å². The lowest BCUT2D eigenvalue weighted by molar-refractivity contribution is 0.206. The minimum absolute atomic E-state index is 0.0310. The van der Waals surface area contributed by atoms with Gasteiger partial charge in [-0.1, -0.05) is 29.8 Å². The second kappa shape index (κ2) is 9.67. The van der Waals surface area contributed by atoms with Crippen LogP contribution < -0.4 is 16.0 Å². The Hall–Kier alpha value is -3.43. The number of aromatic nitrogens is 2. The Morgan fingerprint density at radius 1 is 1.06 bits per heavy atom. The average molecular weight is 496 g/mol. The Kier molecular flexibility index (Phi) is 6.44. The van der Waals surface area contributed by atoms with E-state index in [1.165, 1.54) is 17.7 Å². The van der Waals surface area contributed by atoms with E-state index in [4.69, 9.17) is 17.3 Å². The number of fused-ring (bicyclic) bond motifs is 1. The van der Waals surface area contributed by atoms with Crippen molar-refractivity contribution in [2.75, 3.05) is 55.7 Å². The van der Waals surface area contributed by atoms with Crippen molar-refractivity contribution in [2.45, 2.75) is 13.0 Å². The number of carbonyl (C=O) groups excluding carboxylic acids is 1. The molecule has 182 valence electrons. The summed E-state index contributed by atoms with van der Waals surface area (Å²) in [5.74, 6) is 0.418. The third-order valence-electron chi connectivity index (χ3n) is 6.55. The number of nitrogens with two attached hydrogens (primary N) is 1. The Bertz CT molecular complexity index is 1260. The molecule has 0 saturated carbocycles. The molecule has 1 aromatic heterocycles. The van der Waals surface area contributed by atoms with Gasteiger partial charge in [0.2, 0.25) is 5.95 Å². The zero-order valence-electron chi connectivity index (χ0n) is 19.5. The number of piperazine rings is 1. The smallest absolute Gasteiger partial charge is 0.322 e. The lowest BCUT2D eigenvalue weighted by Crippen LogP contribution is -2.44. The maximum absolute atomic E-state index is 14.2. The number of nitrogens with one attached hydrogen (secondary N) is 1. The first-order valence-electron chi connectivity index (χ1n) is 11.6. The molecule has 2 amide bonds. The molecule has 3 heterocycles. The Morgan fingerprint density at radius 2 is 1.86 bits per heavy atom. The number of nitrogens with zero attached hydrogens (tertiary/aromatic N) is 5. The first-order valence-corrected chi connectivity index (χ1v) is 12.0. The lowest BCUT2D eigenvalue weighted by atomic mass is 9.96. The van der Waals surface area contributed by atoms with Crippen molar-refractivity contribution in [3.05, 3.63) is 64.4 Å². The van der Waals surface area contributed by atoms with Gasteiger partial charge in [0, 0.05) is 50.9 Å². The van der Waals surface area contributed by atoms with Crippen molar-refractivity contribution in [3.63, 3.8) is 0 Å². The van der Waals surface area contributed by atoms with Crippen LogP contribution in [-0.4, -0.2) is 65.6 Å². The van der Waals surface area contributed by atoms with E-state index in [-0.39, 0.29) is 22.7 Å². The second-order valence-corrected chi connectivity index (χ2v) is 9.35. The van der Waals surface area contributed by atoms with E-state index in [1.807, 2.05) is 18.2 Å². The van der Waals surface area contributed by atoms with Crippen molar-refractivity contribution in [1.29, 1.82) is 0 Å². The zero-order chi connectivity index (χ0) is 24.5. The quantitative estimate of drug-likeness (QED) is 0.573. The molecule has 5 rings (SSSR count). The predicted molar refractivity (Wildman–Crippen MR) is 136 cm³/mol. The van der Waals surface area contributed by atoms with Crippen LogP contribution in [0.3, 0.4) is 0 Å². The fourth-order valence-electron chi connectivity index (χ4n) is 4.48. The summed E-state index contributed by atoms with van der Waals surface area (Å²) in [6.07, 6.45) is 0.708. The Morgan fingerprint density at radius 3 is 2.66 bits per heavy atom. The molecular formula is C25H27ClFN7O. The normalized spacial score (nSPS) is 16.2. The summed E-state index contributed by atoms with van der Waals surface area (Å²) >= 11 is 5.84. The van der Waals surface area contributed by atoms with Gasteiger partial charge in [-0.2, -0.15) is 4.98 Å². The molecule has 2 aliphatic heterocycles. The van der Waals surface area contributed by atoms with E-state index in [9.17, 15) is 9.18 Å². The molecule has 3 aromatic rings. The first kappa shape index (κ1) is 23.3. The predicted octanol–water partition coefficient (Wildman–Crippen LogP) is 3.86. The van der Waals surface area contributed by atoms with Crippen LogP contribution in [0, 0.1) is 5.82 Å². The standard InChI is InChI=1S/C25H27ClFN7O/c1-32-9-11-33(12-10-32)22-14-21(29-24(28)31-22)17-6-5-16-7-8-34(15-18(16)13-17)25(35)30-20-4-2-3-19(26)23(20)27/h2-6,13-14H,7-12,15H2,1H3,(H,30,35)(H2,28,29,31). The van der Waals surface area contributed by atoms with Crippen LogP contribution >= 0.6 is 11.6 Å². The maximum atomic E-state index is 14.2. The number of nitrogen functional groups attached to an aromatic ring is 1. The highest BCUT2D eigenvalue weighted by molar-refractivity contribution is 6.31. The molecule has 0 radical (unpaired) electrons. The SMILES string of the molecule is CN1CCN(c2cc(-c3ccc4c(c3)CN(C(=O)Nc3cccc(Cl)c3F)CC4)nc(N)n2)CC1. The number of halogens is 2. The molecule has 1 fully saturated rings. The van der Waals surface area contributed by atoms with Crippen LogP contribution in [0.25, 0.3) is 11.3 Å². The number of carbonyl (C=O) groups is 1. The molecule has 0 spiro atoms. The Balaban J connectivity index is 1.35. The highest BCUT2D eigenvalue weighted by atomic mass is 35.5. The molecule has 0 bridgehead atoms. The van der Waals surface area contributed by atoms with Gasteiger partial charge in [0.1, 0.15) is 5.82 Å². The van der Waals surface area contributed by atoms with Gasteiger partial charge in [0.05, 0.1) is 16.4 Å². The van der Waals surface area contributed by atoms with Crippen LogP contribution in [0.2, 0.25) is 5.02 Å². The number of anilines is 3. The fraction of sp³-hybridized carbons (Fsp3) is 0.320. The summed E-state index contributed by atoms with van der Waals surface area (Å²) in [7, 11) is 2.11. The molecule has 35 heavy (non-hydrogen) atoms. The molecule has 10 heteroatoms. The van der Waals surface area contributed by atoms with Crippen LogP contribution in [0.5, 0.6) is 0 Å². The molecule has 8 nitrogen and oxygen atoms in total. The van der Waals surface area contributed by atoms with E-state index < -0.39 is 5.82 Å².